The first-order valence-electron chi connectivity index (χ1n) is 11.1. The Labute approximate surface area is 201 Å². The van der Waals surface area contributed by atoms with E-state index in [-0.39, 0.29) is 48.7 Å². The maximum atomic E-state index is 13.6. The average molecular weight is 492 g/mol. The van der Waals surface area contributed by atoms with Gasteiger partial charge in [0.2, 0.25) is 15.9 Å². The minimum absolute atomic E-state index is 0.0209. The van der Waals surface area contributed by atoms with Crippen molar-refractivity contribution in [3.63, 3.8) is 0 Å². The van der Waals surface area contributed by atoms with Crippen molar-refractivity contribution in [2.45, 2.75) is 30.9 Å². The minimum atomic E-state index is -3.94. The zero-order valence-corrected chi connectivity index (χ0v) is 21.1. The Morgan fingerprint density at radius 3 is 2.53 bits per heavy atom. The molecule has 0 saturated heterocycles. The van der Waals surface area contributed by atoms with Crippen LogP contribution in [-0.4, -0.2) is 103 Å². The summed E-state index contributed by atoms with van der Waals surface area (Å²) in [6.45, 7) is 3.94. The molecule has 1 amide bonds. The van der Waals surface area contributed by atoms with Crippen LogP contribution < -0.4 is 4.74 Å². The molecule has 3 atom stereocenters. The molecule has 2 aromatic rings. The number of carbonyl (C=O) groups is 1. The number of likely N-dealkylation sites (N-methyl/N-ethyl adjacent to an activating group) is 2. The number of nitrogens with zero attached hydrogens (tertiary/aromatic N) is 5. The summed E-state index contributed by atoms with van der Waals surface area (Å²) in [7, 11) is 1.42. The van der Waals surface area contributed by atoms with E-state index in [1.54, 1.807) is 48.3 Å². The Hall–Kier alpha value is -2.60. The number of aliphatic hydroxyl groups is 1. The molecule has 2 heterocycles. The van der Waals surface area contributed by atoms with E-state index >= 15 is 0 Å². The molecule has 1 aliphatic rings. The van der Waals surface area contributed by atoms with Gasteiger partial charge in [0.05, 0.1) is 19.7 Å². The second kappa shape index (κ2) is 10.8. The lowest BCUT2D eigenvalue weighted by molar-refractivity contribution is -0.132. The number of hydrogen-bond acceptors (Lipinski definition) is 8. The summed E-state index contributed by atoms with van der Waals surface area (Å²) in [4.78, 5) is 24.1. The van der Waals surface area contributed by atoms with Gasteiger partial charge in [-0.1, -0.05) is 13.0 Å². The van der Waals surface area contributed by atoms with Gasteiger partial charge in [0.15, 0.2) is 0 Å². The van der Waals surface area contributed by atoms with Crippen LogP contribution in [0, 0.1) is 5.92 Å². The fourth-order valence-electron chi connectivity index (χ4n) is 3.83. The third kappa shape index (κ3) is 5.72. The molecule has 0 spiro atoms. The quantitative estimate of drug-likeness (QED) is 0.608. The maximum Gasteiger partial charge on any atom is 0.247 e. The van der Waals surface area contributed by atoms with Crippen molar-refractivity contribution >= 4 is 15.9 Å². The lowest BCUT2D eigenvalue weighted by atomic mass is 10.0. The summed E-state index contributed by atoms with van der Waals surface area (Å²) in [5, 5.41) is 9.77. The Kier molecular flexibility index (Phi) is 8.24. The first-order chi connectivity index (χ1) is 16.0. The van der Waals surface area contributed by atoms with Gasteiger partial charge in [0.1, 0.15) is 23.1 Å². The van der Waals surface area contributed by atoms with Crippen LogP contribution in [0.15, 0.2) is 41.8 Å². The summed E-state index contributed by atoms with van der Waals surface area (Å²) >= 11 is 0. The van der Waals surface area contributed by atoms with Gasteiger partial charge < -0.3 is 19.6 Å². The van der Waals surface area contributed by atoms with E-state index in [2.05, 4.69) is 9.97 Å². The molecule has 186 valence electrons. The number of aliphatic hydroxyl groups excluding tert-OH is 1. The highest BCUT2D eigenvalue weighted by Crippen LogP contribution is 2.36. The van der Waals surface area contributed by atoms with Crippen LogP contribution in [0.1, 0.15) is 13.8 Å². The predicted octanol–water partition coefficient (Wildman–Crippen LogP) is 0.932. The lowest BCUT2D eigenvalue weighted by Crippen LogP contribution is -2.50. The van der Waals surface area contributed by atoms with Crippen LogP contribution in [0.5, 0.6) is 5.75 Å². The molecule has 0 saturated carbocycles. The fraction of sp³-hybridized carbons (Fsp3) is 0.522. The van der Waals surface area contributed by atoms with Gasteiger partial charge in [-0.25, -0.2) is 18.4 Å². The molecule has 0 bridgehead atoms. The highest BCUT2D eigenvalue weighted by Gasteiger charge is 2.38. The van der Waals surface area contributed by atoms with Crippen molar-refractivity contribution < 1.29 is 23.1 Å². The number of hydrogen-bond donors (Lipinski definition) is 1. The standard InChI is InChI=1S/C23H33N5O5S/c1-16-11-28(17(2)14-29)34(31,32)22-7-6-18(19-9-24-15-25-10-19)8-20(22)33-21(16)12-27(5)23(30)13-26(3)4/h6-10,15-17,21,29H,11-14H2,1-5H3/t16-,17-,21-/m0/s1. The molecule has 0 fully saturated rings. The molecule has 1 aliphatic heterocycles. The van der Waals surface area contributed by atoms with Gasteiger partial charge in [-0.3, -0.25) is 4.79 Å². The summed E-state index contributed by atoms with van der Waals surface area (Å²) in [5.74, 6) is -0.122. The topological polar surface area (TPSA) is 116 Å². The van der Waals surface area contributed by atoms with Crippen LogP contribution in [-0.2, 0) is 14.8 Å². The fourth-order valence-corrected chi connectivity index (χ4v) is 5.66. The molecular weight excluding hydrogens is 458 g/mol. The van der Waals surface area contributed by atoms with Gasteiger partial charge in [0.25, 0.3) is 0 Å². The summed E-state index contributed by atoms with van der Waals surface area (Å²) in [5.41, 5.74) is 1.43. The van der Waals surface area contributed by atoms with E-state index < -0.39 is 22.2 Å². The van der Waals surface area contributed by atoms with Crippen molar-refractivity contribution in [2.24, 2.45) is 5.92 Å². The van der Waals surface area contributed by atoms with Gasteiger partial charge in [-0.2, -0.15) is 4.31 Å². The SMILES string of the molecule is C[C@H]1CN([C@@H](C)CO)S(=O)(=O)c2ccc(-c3cncnc3)cc2O[C@H]1CN(C)C(=O)CN(C)C. The highest BCUT2D eigenvalue weighted by molar-refractivity contribution is 7.89. The van der Waals surface area contributed by atoms with E-state index in [0.717, 1.165) is 5.56 Å². The van der Waals surface area contributed by atoms with Crippen LogP contribution >= 0.6 is 0 Å². The molecule has 1 N–H and O–H groups in total. The average Bonchev–Trinajstić information content (AvgIpc) is 2.80. The van der Waals surface area contributed by atoms with Gasteiger partial charge in [-0.05, 0) is 38.7 Å². The Balaban J connectivity index is 2.06. The van der Waals surface area contributed by atoms with Crippen LogP contribution in [0.4, 0.5) is 0 Å². The molecule has 0 aliphatic carbocycles. The van der Waals surface area contributed by atoms with Gasteiger partial charge in [0, 0.05) is 43.5 Å². The molecule has 0 radical (unpaired) electrons. The number of benzene rings is 1. The first kappa shape index (κ1) is 26.0. The monoisotopic (exact) mass is 491 g/mol. The number of amides is 1. The Morgan fingerprint density at radius 1 is 1.24 bits per heavy atom. The van der Waals surface area contributed by atoms with Crippen LogP contribution in [0.3, 0.4) is 0 Å². The summed E-state index contributed by atoms with van der Waals surface area (Å²) < 4.78 is 34.8. The molecule has 1 aromatic heterocycles. The van der Waals surface area contributed by atoms with E-state index in [9.17, 15) is 18.3 Å². The molecule has 0 unspecified atom stereocenters. The summed E-state index contributed by atoms with van der Waals surface area (Å²) in [6, 6.07) is 4.25. The number of aromatic nitrogens is 2. The highest BCUT2D eigenvalue weighted by atomic mass is 32.2. The van der Waals surface area contributed by atoms with Crippen molar-refractivity contribution in [3.05, 3.63) is 36.9 Å². The number of carbonyl (C=O) groups excluding carboxylic acids is 1. The van der Waals surface area contributed by atoms with Crippen molar-refractivity contribution in [3.8, 4) is 16.9 Å². The predicted molar refractivity (Wildman–Crippen MR) is 128 cm³/mol. The van der Waals surface area contributed by atoms with E-state index in [4.69, 9.17) is 4.74 Å². The number of fused-ring (bicyclic) bond motifs is 1. The van der Waals surface area contributed by atoms with Gasteiger partial charge in [-0.15, -0.1) is 0 Å². The van der Waals surface area contributed by atoms with Crippen LogP contribution in [0.25, 0.3) is 11.1 Å². The molecular formula is C23H33N5O5S. The second-order valence-electron chi connectivity index (χ2n) is 9.04. The zero-order valence-electron chi connectivity index (χ0n) is 20.2. The van der Waals surface area contributed by atoms with E-state index in [0.29, 0.717) is 5.56 Å². The van der Waals surface area contributed by atoms with Crippen molar-refractivity contribution in [2.75, 3.05) is 47.4 Å². The lowest BCUT2D eigenvalue weighted by Gasteiger charge is -2.37. The van der Waals surface area contributed by atoms with Crippen LogP contribution in [0.2, 0.25) is 0 Å². The molecule has 3 rings (SSSR count). The number of rotatable bonds is 7. The smallest absolute Gasteiger partial charge is 0.247 e. The van der Waals surface area contributed by atoms with Crippen molar-refractivity contribution in [1.29, 1.82) is 0 Å². The maximum absolute atomic E-state index is 13.6. The minimum Gasteiger partial charge on any atom is -0.487 e. The molecule has 10 nitrogen and oxygen atoms in total. The number of ether oxygens (including phenoxy) is 1. The molecule has 34 heavy (non-hydrogen) atoms. The summed E-state index contributed by atoms with van der Waals surface area (Å²) in [6.07, 6.45) is 4.23. The third-order valence-corrected chi connectivity index (χ3v) is 7.91. The van der Waals surface area contributed by atoms with Crippen molar-refractivity contribution in [1.82, 2.24) is 24.1 Å². The molecule has 11 heteroatoms. The Morgan fingerprint density at radius 2 is 1.91 bits per heavy atom. The molecule has 1 aromatic carbocycles. The second-order valence-corrected chi connectivity index (χ2v) is 10.9. The number of sulfonamides is 1. The zero-order chi connectivity index (χ0) is 25.0. The third-order valence-electron chi connectivity index (χ3n) is 5.89. The first-order valence-corrected chi connectivity index (χ1v) is 12.6. The van der Waals surface area contributed by atoms with E-state index in [1.165, 1.54) is 16.7 Å². The Bertz CT molecular complexity index is 1100. The normalized spacial score (nSPS) is 21.1. The van der Waals surface area contributed by atoms with Gasteiger partial charge >= 0.3 is 0 Å². The largest absolute Gasteiger partial charge is 0.487 e. The van der Waals surface area contributed by atoms with E-state index in [1.807, 2.05) is 21.0 Å².